The van der Waals surface area contributed by atoms with Crippen LogP contribution in [0.25, 0.3) is 33.0 Å². The van der Waals surface area contributed by atoms with Crippen LogP contribution in [0, 0.1) is 12.1 Å². The van der Waals surface area contributed by atoms with Crippen molar-refractivity contribution in [3.8, 4) is 33.8 Å². The molecule has 0 atom stereocenters. The van der Waals surface area contributed by atoms with Crippen LogP contribution in [0.4, 0.5) is 45.5 Å². The quantitative estimate of drug-likeness (QED) is 0.110. The average Bonchev–Trinajstić information content (AvgIpc) is 3.92. The molecule has 2 heterocycles. The van der Waals surface area contributed by atoms with Crippen molar-refractivity contribution in [2.45, 2.75) is 26.2 Å². The minimum Gasteiger partial charge on any atom is -0.509 e. The van der Waals surface area contributed by atoms with Gasteiger partial charge in [-0.15, -0.1) is 12.1 Å². The number of ether oxygens (including phenoxy) is 1. The summed E-state index contributed by atoms with van der Waals surface area (Å²) in [7, 11) is 0. The van der Waals surface area contributed by atoms with E-state index in [1.165, 1.54) is 5.56 Å². The van der Waals surface area contributed by atoms with Crippen LogP contribution >= 0.6 is 0 Å². The fraction of sp³-hybridized carbons (Fsp3) is 0.0690. The molecule has 11 rings (SSSR count). The number of hydrogen-bond acceptors (Lipinski definition) is 1. The second kappa shape index (κ2) is 16.6. The van der Waals surface area contributed by atoms with Gasteiger partial charge in [0.15, 0.2) is 0 Å². The zero-order valence-electron chi connectivity index (χ0n) is 35.6. The van der Waals surface area contributed by atoms with Crippen molar-refractivity contribution in [2.75, 3.05) is 0 Å². The second-order valence-electron chi connectivity index (χ2n) is 16.8. The molecule has 0 amide bonds. The largest absolute Gasteiger partial charge is 2.00 e. The monoisotopic (exact) mass is 1010 g/mol. The van der Waals surface area contributed by atoms with Crippen molar-refractivity contribution in [1.29, 1.82) is 0 Å². The number of nitrogens with zero attached hydrogens (tertiary/aromatic N) is 4. The van der Waals surface area contributed by atoms with Gasteiger partial charge >= 0.3 is 38.8 Å². The molecule has 0 unspecified atom stereocenters. The molecule has 0 fully saturated rings. The van der Waals surface area contributed by atoms with Crippen LogP contribution in [0.3, 0.4) is 0 Å². The van der Waals surface area contributed by atoms with Crippen LogP contribution in [0.1, 0.15) is 26.3 Å². The van der Waals surface area contributed by atoms with Gasteiger partial charge in [0.25, 0.3) is 17.1 Å². The van der Waals surface area contributed by atoms with E-state index < -0.39 is 0 Å². The van der Waals surface area contributed by atoms with Gasteiger partial charge in [0.1, 0.15) is 11.4 Å². The Morgan fingerprint density at radius 3 is 1.55 bits per heavy atom. The van der Waals surface area contributed by atoms with Gasteiger partial charge in [0.05, 0.1) is 16.5 Å². The molecule has 0 radical (unpaired) electrons. The van der Waals surface area contributed by atoms with Crippen molar-refractivity contribution in [2.24, 2.45) is 0 Å². The average molecular weight is 1010 g/mol. The molecule has 0 aromatic heterocycles. The number of fused-ring (bicyclic) bond motifs is 4. The molecule has 0 spiro atoms. The Bertz CT molecular complexity index is 3350. The normalized spacial score (nSPS) is 12.7. The van der Waals surface area contributed by atoms with Crippen molar-refractivity contribution in [1.82, 2.24) is 18.3 Å². The van der Waals surface area contributed by atoms with E-state index in [-0.39, 0.29) is 26.5 Å². The van der Waals surface area contributed by atoms with Gasteiger partial charge < -0.3 is 4.74 Å². The molecule has 0 saturated carbocycles. The number of para-hydroxylation sites is 3. The summed E-state index contributed by atoms with van der Waals surface area (Å²) in [4.78, 5) is 0. The van der Waals surface area contributed by atoms with E-state index >= 15 is 0 Å². The number of hydrogen-bond donors (Lipinski definition) is 0. The third kappa shape index (κ3) is 7.36. The van der Waals surface area contributed by atoms with Gasteiger partial charge in [-0.3, -0.25) is 0 Å². The van der Waals surface area contributed by atoms with Gasteiger partial charge in [0.2, 0.25) is 11.4 Å². The summed E-state index contributed by atoms with van der Waals surface area (Å²) < 4.78 is 15.1. The molecule has 6 heteroatoms. The predicted molar refractivity (Wildman–Crippen MR) is 259 cm³/mol. The van der Waals surface area contributed by atoms with Crippen LogP contribution < -0.4 is 23.0 Å². The van der Waals surface area contributed by atoms with Crippen molar-refractivity contribution >= 4 is 68.3 Å². The molecular weight excluding hydrogens is 964 g/mol. The minimum absolute atomic E-state index is 0. The van der Waals surface area contributed by atoms with Gasteiger partial charge in [-0.05, 0) is 60.9 Å². The Morgan fingerprint density at radius 1 is 0.422 bits per heavy atom. The maximum absolute atomic E-state index is 6.60. The van der Waals surface area contributed by atoms with E-state index in [9.17, 15) is 0 Å². The van der Waals surface area contributed by atoms with E-state index in [2.05, 4.69) is 229 Å². The SMILES string of the molecule is CC(C)(C)c1ccc([N+]2=C=[N+](c3[c-]c(Oc4[c-]c([N+]5=C=[N+](c6c(-c7ccccc7)cccc6-c6ccccc6)c6c5ccc5ccccc65)ccc4)ccc3)c3ccccc32)cc1.[Pt+2]. The Kier molecular flexibility index (Phi) is 10.5. The third-order valence-corrected chi connectivity index (χ3v) is 11.7. The first-order valence-electron chi connectivity index (χ1n) is 21.3. The Hall–Kier alpha value is -7.51. The second-order valence-corrected chi connectivity index (χ2v) is 16.8. The molecule has 64 heavy (non-hydrogen) atoms. The van der Waals surface area contributed by atoms with Gasteiger partial charge in [0, 0.05) is 41.8 Å². The fourth-order valence-corrected chi connectivity index (χ4v) is 8.61. The first kappa shape index (κ1) is 40.6. The maximum Gasteiger partial charge on any atom is 2.00 e. The van der Waals surface area contributed by atoms with Crippen LogP contribution in [-0.4, -0.2) is 12.0 Å². The third-order valence-electron chi connectivity index (χ3n) is 11.7. The molecule has 2 aliphatic rings. The minimum atomic E-state index is 0. The fourth-order valence-electron chi connectivity index (χ4n) is 8.61. The molecular formula is C58H42N4OPt+4. The van der Waals surface area contributed by atoms with Crippen molar-refractivity contribution < 1.29 is 25.8 Å². The molecule has 0 N–H and O–H groups in total. The van der Waals surface area contributed by atoms with Gasteiger partial charge in [-0.2, -0.15) is 12.1 Å². The molecule has 0 saturated heterocycles. The molecule has 9 aromatic carbocycles. The van der Waals surface area contributed by atoms with Crippen LogP contribution in [-0.2, 0) is 26.5 Å². The molecule has 0 bridgehead atoms. The van der Waals surface area contributed by atoms with E-state index in [0.29, 0.717) is 11.5 Å². The number of rotatable bonds is 8. The summed E-state index contributed by atoms with van der Waals surface area (Å²) >= 11 is 0. The van der Waals surface area contributed by atoms with E-state index in [1.807, 2.05) is 34.9 Å². The zero-order chi connectivity index (χ0) is 42.5. The molecule has 306 valence electrons. The van der Waals surface area contributed by atoms with Crippen LogP contribution in [0.5, 0.6) is 11.5 Å². The van der Waals surface area contributed by atoms with Crippen LogP contribution in [0.15, 0.2) is 200 Å². The predicted octanol–water partition coefficient (Wildman–Crippen LogP) is 14.6. The zero-order valence-corrected chi connectivity index (χ0v) is 37.8. The maximum atomic E-state index is 6.60. The Morgan fingerprint density at radius 2 is 0.938 bits per heavy atom. The van der Waals surface area contributed by atoms with E-state index in [4.69, 9.17) is 4.74 Å². The Balaban J connectivity index is 0.00000484. The summed E-state index contributed by atoms with van der Waals surface area (Å²) in [5, 5.41) is 2.28. The summed E-state index contributed by atoms with van der Waals surface area (Å²) in [6.07, 6.45) is 0. The van der Waals surface area contributed by atoms with Crippen molar-refractivity contribution in [3.05, 3.63) is 218 Å². The standard InChI is InChI=1S/C58H42N4O.Pt/c1-58(2,3)44-32-34-45(35-33-44)59-39-60(54-30-13-12-29-53(54)59)46-22-14-24-48(37-46)63-49-25-15-23-47(38-49)61-40-62(57-52-26-11-10-21-43(52)31-36-55(57)61)56-50(41-17-6-4-7-18-41)27-16-28-51(56)42-19-8-5-9-20-42;/h4-36H,1-3H3;/q2*+2. The smallest absolute Gasteiger partial charge is 0.509 e. The van der Waals surface area contributed by atoms with E-state index in [1.54, 1.807) is 0 Å². The van der Waals surface area contributed by atoms with E-state index in [0.717, 1.165) is 78.5 Å². The van der Waals surface area contributed by atoms with Gasteiger partial charge in [-0.1, -0.05) is 163 Å². The first-order valence-corrected chi connectivity index (χ1v) is 21.3. The molecule has 9 aromatic rings. The molecule has 0 aliphatic carbocycles. The summed E-state index contributed by atoms with van der Waals surface area (Å²) in [5.41, 5.74) is 13.6. The topological polar surface area (TPSA) is 21.3 Å². The molecule has 5 nitrogen and oxygen atoms in total. The number of benzene rings is 9. The van der Waals surface area contributed by atoms with Crippen molar-refractivity contribution in [3.63, 3.8) is 0 Å². The first-order chi connectivity index (χ1) is 30.9. The summed E-state index contributed by atoms with van der Waals surface area (Å²) in [6.45, 7) is 6.70. The molecule has 2 aliphatic heterocycles. The van der Waals surface area contributed by atoms with Crippen LogP contribution in [0.2, 0.25) is 0 Å². The Labute approximate surface area is 388 Å². The summed E-state index contributed by atoms with van der Waals surface area (Å²) in [6, 6.07) is 84.3. The van der Waals surface area contributed by atoms with Gasteiger partial charge in [-0.25, -0.2) is 0 Å². The summed E-state index contributed by atoms with van der Waals surface area (Å²) in [5.74, 6) is 1.13.